The van der Waals surface area contributed by atoms with Gasteiger partial charge in [-0.15, -0.1) is 0 Å². The van der Waals surface area contributed by atoms with Crippen LogP contribution in [0, 0.1) is 6.92 Å². The van der Waals surface area contributed by atoms with Crippen molar-refractivity contribution in [2.45, 2.75) is 31.8 Å². The van der Waals surface area contributed by atoms with Crippen LogP contribution in [0.25, 0.3) is 0 Å². The number of hydrogen-bond donors (Lipinski definition) is 0. The van der Waals surface area contributed by atoms with Crippen LogP contribution in [-0.4, -0.2) is 40.0 Å². The zero-order valence-electron chi connectivity index (χ0n) is 16.6. The van der Waals surface area contributed by atoms with Crippen LogP contribution < -0.4 is 4.74 Å². The Labute approximate surface area is 171 Å². The Morgan fingerprint density at radius 1 is 1.07 bits per heavy atom. The van der Waals surface area contributed by atoms with Crippen LogP contribution in [0.4, 0.5) is 0 Å². The number of aryl methyl sites for hydroxylation is 1. The van der Waals surface area contributed by atoms with Gasteiger partial charge in [0.2, 0.25) is 11.8 Å². The lowest BCUT2D eigenvalue weighted by Gasteiger charge is -2.22. The van der Waals surface area contributed by atoms with Gasteiger partial charge in [-0.2, -0.15) is 4.98 Å². The highest BCUT2D eigenvalue weighted by molar-refractivity contribution is 5.78. The summed E-state index contributed by atoms with van der Waals surface area (Å²) in [5, 5.41) is 0. The normalized spacial score (nSPS) is 16.2. The molecular weight excluding hydrogens is 362 g/mol. The maximum absolute atomic E-state index is 13.1. The second-order valence-electron chi connectivity index (χ2n) is 7.39. The van der Waals surface area contributed by atoms with E-state index < -0.39 is 0 Å². The summed E-state index contributed by atoms with van der Waals surface area (Å²) >= 11 is 0. The SMILES string of the molecule is Cc1nccc(O[C@@H]2CCN(C(=O)CC(c3ccccc3)c3ccccc3)C2)n1. The first kappa shape index (κ1) is 19.1. The van der Waals surface area contributed by atoms with Crippen molar-refractivity contribution in [3.63, 3.8) is 0 Å². The van der Waals surface area contributed by atoms with Crippen LogP contribution >= 0.6 is 0 Å². The third-order valence-electron chi connectivity index (χ3n) is 5.32. The molecule has 4 rings (SSSR count). The summed E-state index contributed by atoms with van der Waals surface area (Å²) in [6, 6.07) is 22.3. The second kappa shape index (κ2) is 8.86. The molecule has 1 amide bonds. The molecule has 1 atom stereocenters. The number of carbonyl (C=O) groups is 1. The van der Waals surface area contributed by atoms with Crippen LogP contribution in [0.3, 0.4) is 0 Å². The molecule has 2 aromatic carbocycles. The van der Waals surface area contributed by atoms with Gasteiger partial charge in [-0.05, 0) is 18.1 Å². The van der Waals surface area contributed by atoms with E-state index in [1.54, 1.807) is 12.3 Å². The molecule has 0 bridgehead atoms. The van der Waals surface area contributed by atoms with Crippen molar-refractivity contribution in [3.8, 4) is 5.88 Å². The van der Waals surface area contributed by atoms with Gasteiger partial charge in [0.05, 0.1) is 6.54 Å². The predicted molar refractivity (Wildman–Crippen MR) is 112 cm³/mol. The lowest BCUT2D eigenvalue weighted by molar-refractivity contribution is -0.130. The molecular formula is C24H25N3O2. The molecule has 1 saturated heterocycles. The average molecular weight is 387 g/mol. The molecule has 1 fully saturated rings. The van der Waals surface area contributed by atoms with Crippen LogP contribution in [0.2, 0.25) is 0 Å². The highest BCUT2D eigenvalue weighted by Gasteiger charge is 2.30. The molecule has 1 aliphatic rings. The van der Waals surface area contributed by atoms with Crippen molar-refractivity contribution in [3.05, 3.63) is 89.9 Å². The van der Waals surface area contributed by atoms with Gasteiger partial charge in [-0.25, -0.2) is 4.98 Å². The third-order valence-corrected chi connectivity index (χ3v) is 5.32. The Balaban J connectivity index is 1.43. The van der Waals surface area contributed by atoms with E-state index in [1.165, 1.54) is 0 Å². The van der Waals surface area contributed by atoms with Crippen molar-refractivity contribution in [1.82, 2.24) is 14.9 Å². The van der Waals surface area contributed by atoms with E-state index in [-0.39, 0.29) is 17.9 Å². The number of likely N-dealkylation sites (tertiary alicyclic amines) is 1. The molecule has 148 valence electrons. The fourth-order valence-corrected chi connectivity index (χ4v) is 3.82. The van der Waals surface area contributed by atoms with Crippen LogP contribution in [-0.2, 0) is 4.79 Å². The molecule has 0 N–H and O–H groups in total. The van der Waals surface area contributed by atoms with Crippen LogP contribution in [0.15, 0.2) is 72.9 Å². The van der Waals surface area contributed by atoms with E-state index in [4.69, 9.17) is 4.74 Å². The van der Waals surface area contributed by atoms with Gasteiger partial charge in [0.15, 0.2) is 0 Å². The largest absolute Gasteiger partial charge is 0.472 e. The molecule has 2 heterocycles. The number of aromatic nitrogens is 2. The van der Waals surface area contributed by atoms with Gasteiger partial charge in [0.25, 0.3) is 0 Å². The first-order chi connectivity index (χ1) is 14.2. The van der Waals surface area contributed by atoms with Gasteiger partial charge in [-0.1, -0.05) is 60.7 Å². The molecule has 0 radical (unpaired) electrons. The molecule has 3 aromatic rings. The number of nitrogens with zero attached hydrogens (tertiary/aromatic N) is 3. The summed E-state index contributed by atoms with van der Waals surface area (Å²) in [6.45, 7) is 3.15. The standard InChI is InChI=1S/C24H25N3O2/c1-18-25-14-12-23(26-18)29-21-13-15-27(17-21)24(28)16-22(19-8-4-2-5-9-19)20-10-6-3-7-11-20/h2-12,14,21-22H,13,15-17H2,1H3/t21-/m1/s1. The topological polar surface area (TPSA) is 55.3 Å². The predicted octanol–water partition coefficient (Wildman–Crippen LogP) is 3.99. The van der Waals surface area contributed by atoms with E-state index in [0.29, 0.717) is 31.2 Å². The van der Waals surface area contributed by atoms with E-state index >= 15 is 0 Å². The quantitative estimate of drug-likeness (QED) is 0.642. The summed E-state index contributed by atoms with van der Waals surface area (Å²) in [6.07, 6.45) is 2.93. The number of hydrogen-bond acceptors (Lipinski definition) is 4. The molecule has 0 aliphatic carbocycles. The minimum atomic E-state index is -0.0276. The Hall–Kier alpha value is -3.21. The Bertz CT molecular complexity index is 907. The number of benzene rings is 2. The summed E-state index contributed by atoms with van der Waals surface area (Å²) in [5.74, 6) is 1.47. The first-order valence-corrected chi connectivity index (χ1v) is 10.0. The van der Waals surface area contributed by atoms with Crippen LogP contribution in [0.1, 0.15) is 35.7 Å². The highest BCUT2D eigenvalue weighted by Crippen LogP contribution is 2.29. The van der Waals surface area contributed by atoms with Crippen molar-refractivity contribution in [1.29, 1.82) is 0 Å². The van der Waals surface area contributed by atoms with Crippen molar-refractivity contribution < 1.29 is 9.53 Å². The fraction of sp³-hybridized carbons (Fsp3) is 0.292. The lowest BCUT2D eigenvalue weighted by atomic mass is 9.88. The summed E-state index contributed by atoms with van der Waals surface area (Å²) < 4.78 is 5.97. The number of amides is 1. The zero-order valence-corrected chi connectivity index (χ0v) is 16.6. The van der Waals surface area contributed by atoms with Crippen molar-refractivity contribution >= 4 is 5.91 Å². The van der Waals surface area contributed by atoms with Crippen molar-refractivity contribution in [2.24, 2.45) is 0 Å². The van der Waals surface area contributed by atoms with Crippen molar-refractivity contribution in [2.75, 3.05) is 13.1 Å². The number of carbonyl (C=O) groups excluding carboxylic acids is 1. The third kappa shape index (κ3) is 4.80. The van der Waals surface area contributed by atoms with E-state index in [1.807, 2.05) is 48.2 Å². The fourth-order valence-electron chi connectivity index (χ4n) is 3.82. The highest BCUT2D eigenvalue weighted by atomic mass is 16.5. The molecule has 1 aliphatic heterocycles. The smallest absolute Gasteiger partial charge is 0.223 e. The monoisotopic (exact) mass is 387 g/mol. The molecule has 5 nitrogen and oxygen atoms in total. The minimum Gasteiger partial charge on any atom is -0.472 e. The maximum Gasteiger partial charge on any atom is 0.223 e. The lowest BCUT2D eigenvalue weighted by Crippen LogP contribution is -2.32. The zero-order chi connectivity index (χ0) is 20.1. The van der Waals surface area contributed by atoms with Crippen LogP contribution in [0.5, 0.6) is 5.88 Å². The maximum atomic E-state index is 13.1. The minimum absolute atomic E-state index is 0.0276. The van der Waals surface area contributed by atoms with Gasteiger partial charge in [0, 0.05) is 37.6 Å². The van der Waals surface area contributed by atoms with E-state index in [2.05, 4.69) is 34.2 Å². The molecule has 0 spiro atoms. The van der Waals surface area contributed by atoms with Gasteiger partial charge in [0.1, 0.15) is 11.9 Å². The average Bonchev–Trinajstić information content (AvgIpc) is 3.22. The molecule has 0 saturated carbocycles. The number of rotatable bonds is 6. The summed E-state index contributed by atoms with van der Waals surface area (Å²) in [4.78, 5) is 23.4. The second-order valence-corrected chi connectivity index (χ2v) is 7.39. The van der Waals surface area contributed by atoms with Gasteiger partial charge >= 0.3 is 0 Å². The Morgan fingerprint density at radius 2 is 1.72 bits per heavy atom. The molecule has 5 heteroatoms. The van der Waals surface area contributed by atoms with E-state index in [9.17, 15) is 4.79 Å². The molecule has 1 aromatic heterocycles. The Morgan fingerprint density at radius 3 is 2.34 bits per heavy atom. The summed E-state index contributed by atoms with van der Waals surface area (Å²) in [5.41, 5.74) is 2.33. The van der Waals surface area contributed by atoms with Gasteiger partial charge < -0.3 is 9.64 Å². The molecule has 29 heavy (non-hydrogen) atoms. The van der Waals surface area contributed by atoms with Gasteiger partial charge in [-0.3, -0.25) is 4.79 Å². The number of ether oxygens (including phenoxy) is 1. The summed E-state index contributed by atoms with van der Waals surface area (Å²) in [7, 11) is 0. The Kier molecular flexibility index (Phi) is 5.84. The van der Waals surface area contributed by atoms with E-state index in [0.717, 1.165) is 17.5 Å². The molecule has 0 unspecified atom stereocenters. The first-order valence-electron chi connectivity index (χ1n) is 10.0.